The van der Waals surface area contributed by atoms with E-state index < -0.39 is 5.91 Å². The van der Waals surface area contributed by atoms with E-state index >= 15 is 0 Å². The van der Waals surface area contributed by atoms with Gasteiger partial charge in [0.2, 0.25) is 0 Å². The molecule has 0 saturated carbocycles. The third kappa shape index (κ3) is 3.69. The van der Waals surface area contributed by atoms with Crippen LogP contribution in [0.5, 0.6) is 0 Å². The molecule has 4 aromatic rings. The number of nitrogens with zero attached hydrogens (tertiary/aromatic N) is 1. The highest BCUT2D eigenvalue weighted by atomic mass is 35.5. The highest BCUT2D eigenvalue weighted by Gasteiger charge is 2.40. The molecule has 1 aliphatic rings. The largest absolute Gasteiger partial charge is 0.350 e. The summed E-state index contributed by atoms with van der Waals surface area (Å²) in [7, 11) is 0. The molecule has 1 heterocycles. The van der Waals surface area contributed by atoms with Gasteiger partial charge in [-0.15, -0.1) is 0 Å². The second-order valence-corrected chi connectivity index (χ2v) is 8.58. The van der Waals surface area contributed by atoms with Gasteiger partial charge in [-0.05, 0) is 60.7 Å². The number of hydrogen-bond donors (Lipinski definition) is 1. The van der Waals surface area contributed by atoms with Crippen molar-refractivity contribution in [2.24, 2.45) is 0 Å². The average molecular weight is 453 g/mol. The lowest BCUT2D eigenvalue weighted by Gasteiger charge is -2.16. The first-order chi connectivity index (χ1) is 15.9. The maximum absolute atomic E-state index is 13.7. The van der Waals surface area contributed by atoms with Crippen LogP contribution in [0.25, 0.3) is 16.3 Å². The normalized spacial score (nSPS) is 13.8. The van der Waals surface area contributed by atoms with Crippen molar-refractivity contribution in [2.45, 2.75) is 13.8 Å². The first kappa shape index (κ1) is 21.0. The van der Waals surface area contributed by atoms with Crippen LogP contribution in [0.1, 0.15) is 16.7 Å². The summed E-state index contributed by atoms with van der Waals surface area (Å²) in [6, 6.07) is 26.4. The summed E-state index contributed by atoms with van der Waals surface area (Å²) in [5.74, 6) is -0.762. The van der Waals surface area contributed by atoms with Gasteiger partial charge in [0.05, 0.1) is 11.3 Å². The highest BCUT2D eigenvalue weighted by Crippen LogP contribution is 2.36. The van der Waals surface area contributed by atoms with Gasteiger partial charge in [0.1, 0.15) is 5.70 Å². The number of hydrogen-bond acceptors (Lipinski definition) is 3. The molecule has 4 aromatic carbocycles. The van der Waals surface area contributed by atoms with Crippen molar-refractivity contribution in [3.63, 3.8) is 0 Å². The third-order valence-corrected chi connectivity index (χ3v) is 6.12. The van der Waals surface area contributed by atoms with E-state index in [-0.39, 0.29) is 11.6 Å². The van der Waals surface area contributed by atoms with E-state index in [0.29, 0.717) is 16.3 Å². The zero-order chi connectivity index (χ0) is 23.1. The number of fused-ring (bicyclic) bond motifs is 1. The molecule has 162 valence electrons. The van der Waals surface area contributed by atoms with Crippen molar-refractivity contribution >= 4 is 51.1 Å². The minimum atomic E-state index is -0.398. The molecule has 0 bridgehead atoms. The zero-order valence-corrected chi connectivity index (χ0v) is 19.0. The highest BCUT2D eigenvalue weighted by molar-refractivity contribution is 6.46. The van der Waals surface area contributed by atoms with Gasteiger partial charge in [0, 0.05) is 16.1 Å². The second kappa shape index (κ2) is 8.23. The molecule has 0 saturated heterocycles. The van der Waals surface area contributed by atoms with Gasteiger partial charge in [-0.3, -0.25) is 9.59 Å². The lowest BCUT2D eigenvalue weighted by molar-refractivity contribution is -0.120. The van der Waals surface area contributed by atoms with Crippen molar-refractivity contribution in [3.05, 3.63) is 112 Å². The molecule has 1 aliphatic heterocycles. The first-order valence-corrected chi connectivity index (χ1v) is 11.0. The standard InChI is InChI=1S/C28H21ClN2O2/c1-17-10-15-22(18(2)16-17)25-26(30-24-9-5-7-19-6-3-4-8-23(19)24)28(33)31(27(25)32)21-13-11-20(29)12-14-21/h3-16,30H,1-2H3. The molecule has 2 amide bonds. The molecular weight excluding hydrogens is 432 g/mol. The maximum atomic E-state index is 13.7. The molecule has 33 heavy (non-hydrogen) atoms. The number of nitrogens with one attached hydrogen (secondary N) is 1. The molecule has 5 rings (SSSR count). The Morgan fingerprint density at radius 2 is 1.52 bits per heavy atom. The fourth-order valence-corrected chi connectivity index (χ4v) is 4.41. The van der Waals surface area contributed by atoms with E-state index in [0.717, 1.165) is 33.2 Å². The van der Waals surface area contributed by atoms with Crippen molar-refractivity contribution in [3.8, 4) is 0 Å². The van der Waals surface area contributed by atoms with Crippen LogP contribution in [0.4, 0.5) is 11.4 Å². The van der Waals surface area contributed by atoms with Gasteiger partial charge >= 0.3 is 0 Å². The summed E-state index contributed by atoms with van der Waals surface area (Å²) in [6.07, 6.45) is 0. The second-order valence-electron chi connectivity index (χ2n) is 8.14. The summed E-state index contributed by atoms with van der Waals surface area (Å²) >= 11 is 6.03. The van der Waals surface area contributed by atoms with Crippen molar-refractivity contribution in [2.75, 3.05) is 10.2 Å². The van der Waals surface area contributed by atoms with E-state index in [4.69, 9.17) is 11.6 Å². The molecule has 4 nitrogen and oxygen atoms in total. The Bertz CT molecular complexity index is 1450. The van der Waals surface area contributed by atoms with Crippen molar-refractivity contribution in [1.82, 2.24) is 0 Å². The molecule has 0 fully saturated rings. The van der Waals surface area contributed by atoms with Crippen molar-refractivity contribution in [1.29, 1.82) is 0 Å². The SMILES string of the molecule is Cc1ccc(C2=C(Nc3cccc4ccccc34)C(=O)N(c3ccc(Cl)cc3)C2=O)c(C)c1. The quantitative estimate of drug-likeness (QED) is 0.359. The molecule has 0 atom stereocenters. The molecule has 0 radical (unpaired) electrons. The molecular formula is C28H21ClN2O2. The fraction of sp³-hybridized carbons (Fsp3) is 0.0714. The Labute approximate surface area is 197 Å². The Hall–Kier alpha value is -3.89. The van der Waals surface area contributed by atoms with E-state index in [2.05, 4.69) is 5.32 Å². The summed E-state index contributed by atoms with van der Waals surface area (Å²) < 4.78 is 0. The predicted molar refractivity (Wildman–Crippen MR) is 134 cm³/mol. The van der Waals surface area contributed by atoms with Crippen LogP contribution in [-0.2, 0) is 9.59 Å². The fourth-order valence-electron chi connectivity index (χ4n) is 4.28. The molecule has 5 heteroatoms. The monoisotopic (exact) mass is 452 g/mol. The van der Waals surface area contributed by atoms with E-state index in [9.17, 15) is 9.59 Å². The Morgan fingerprint density at radius 1 is 0.788 bits per heavy atom. The Morgan fingerprint density at radius 3 is 2.27 bits per heavy atom. The minimum Gasteiger partial charge on any atom is -0.350 e. The number of benzene rings is 4. The number of halogens is 1. The van der Waals surface area contributed by atoms with Crippen molar-refractivity contribution < 1.29 is 9.59 Å². The van der Waals surface area contributed by atoms with Crippen LogP contribution in [0, 0.1) is 13.8 Å². The summed E-state index contributed by atoms with van der Waals surface area (Å²) in [5.41, 5.74) is 4.63. The zero-order valence-electron chi connectivity index (χ0n) is 18.2. The van der Waals surface area contributed by atoms with Gasteiger partial charge in [0.15, 0.2) is 0 Å². The summed E-state index contributed by atoms with van der Waals surface area (Å²) in [5, 5.41) is 5.86. The number of anilines is 2. The number of carbonyl (C=O) groups excluding carboxylic acids is 2. The Kier molecular flexibility index (Phi) is 5.23. The van der Waals surface area contributed by atoms with Crippen LogP contribution in [0.2, 0.25) is 5.02 Å². The summed E-state index contributed by atoms with van der Waals surface area (Å²) in [6.45, 7) is 3.95. The number of carbonyl (C=O) groups is 2. The molecule has 0 spiro atoms. The Balaban J connectivity index is 1.68. The van der Waals surface area contributed by atoms with Crippen LogP contribution >= 0.6 is 11.6 Å². The summed E-state index contributed by atoms with van der Waals surface area (Å²) in [4.78, 5) is 28.5. The molecule has 1 N–H and O–H groups in total. The van der Waals surface area contributed by atoms with Gasteiger partial charge in [-0.2, -0.15) is 0 Å². The average Bonchev–Trinajstić information content (AvgIpc) is 3.04. The van der Waals surface area contributed by atoms with Gasteiger partial charge in [-0.25, -0.2) is 4.90 Å². The minimum absolute atomic E-state index is 0.262. The van der Waals surface area contributed by atoms with Crippen LogP contribution in [-0.4, -0.2) is 11.8 Å². The van der Waals surface area contributed by atoms with Crippen LogP contribution in [0.3, 0.4) is 0 Å². The lowest BCUT2D eigenvalue weighted by atomic mass is 9.97. The smallest absolute Gasteiger partial charge is 0.282 e. The third-order valence-electron chi connectivity index (χ3n) is 5.87. The molecule has 0 aliphatic carbocycles. The number of imide groups is 1. The van der Waals surface area contributed by atoms with Crippen LogP contribution in [0.15, 0.2) is 90.6 Å². The van der Waals surface area contributed by atoms with Gasteiger partial charge < -0.3 is 5.32 Å². The molecule has 0 unspecified atom stereocenters. The number of rotatable bonds is 4. The predicted octanol–water partition coefficient (Wildman–Crippen LogP) is 6.51. The topological polar surface area (TPSA) is 49.4 Å². The van der Waals surface area contributed by atoms with Crippen LogP contribution < -0.4 is 10.2 Å². The first-order valence-electron chi connectivity index (χ1n) is 10.6. The molecule has 0 aromatic heterocycles. The van der Waals surface area contributed by atoms with E-state index in [1.807, 2.05) is 74.5 Å². The van der Waals surface area contributed by atoms with E-state index in [1.165, 1.54) is 4.90 Å². The maximum Gasteiger partial charge on any atom is 0.282 e. The number of aryl methyl sites for hydroxylation is 2. The number of amides is 2. The van der Waals surface area contributed by atoms with Gasteiger partial charge in [-0.1, -0.05) is 71.8 Å². The van der Waals surface area contributed by atoms with E-state index in [1.54, 1.807) is 24.3 Å². The lowest BCUT2D eigenvalue weighted by Crippen LogP contribution is -2.32. The van der Waals surface area contributed by atoms with Gasteiger partial charge in [0.25, 0.3) is 11.8 Å².